The number of hydrogen-bond donors (Lipinski definition) is 1. The normalized spacial score (nSPS) is 18.8. The smallest absolute Gasteiger partial charge is 0.329 e. The molecule has 1 unspecified atom stereocenters. The van der Waals surface area contributed by atoms with E-state index in [0.29, 0.717) is 12.5 Å². The van der Waals surface area contributed by atoms with Gasteiger partial charge in [-0.05, 0) is 11.6 Å². The fourth-order valence-electron chi connectivity index (χ4n) is 1.66. The summed E-state index contributed by atoms with van der Waals surface area (Å²) in [6, 6.07) is 8.21. The number of benzene rings is 1. The van der Waals surface area contributed by atoms with Crippen LogP contribution in [0.2, 0.25) is 0 Å². The standard InChI is InChI=1S/C11H12O3S/c12-11(13)6-14-5-8-7-15-10-4-2-1-3-9(8)10/h1-4,8H,5-7H2,(H,12,13). The lowest BCUT2D eigenvalue weighted by atomic mass is 10.0. The van der Waals surface area contributed by atoms with Crippen LogP contribution in [0, 0.1) is 0 Å². The largest absolute Gasteiger partial charge is 0.480 e. The van der Waals surface area contributed by atoms with Gasteiger partial charge < -0.3 is 9.84 Å². The minimum absolute atomic E-state index is 0.205. The second-order valence-corrected chi connectivity index (χ2v) is 4.52. The minimum atomic E-state index is -0.908. The van der Waals surface area contributed by atoms with Gasteiger partial charge >= 0.3 is 5.97 Å². The zero-order valence-electron chi connectivity index (χ0n) is 8.18. The number of aliphatic carboxylic acids is 1. The zero-order chi connectivity index (χ0) is 10.7. The molecule has 0 fully saturated rings. The average Bonchev–Trinajstić information content (AvgIpc) is 2.62. The Bertz CT molecular complexity index is 365. The van der Waals surface area contributed by atoms with E-state index >= 15 is 0 Å². The molecule has 4 heteroatoms. The molecule has 1 atom stereocenters. The monoisotopic (exact) mass is 224 g/mol. The van der Waals surface area contributed by atoms with E-state index in [-0.39, 0.29) is 6.61 Å². The number of hydrogen-bond acceptors (Lipinski definition) is 3. The summed E-state index contributed by atoms with van der Waals surface area (Å²) in [5, 5.41) is 8.45. The van der Waals surface area contributed by atoms with E-state index in [2.05, 4.69) is 12.1 Å². The van der Waals surface area contributed by atoms with E-state index in [0.717, 1.165) is 5.75 Å². The van der Waals surface area contributed by atoms with Gasteiger partial charge in [0.2, 0.25) is 0 Å². The van der Waals surface area contributed by atoms with Crippen LogP contribution >= 0.6 is 11.8 Å². The lowest BCUT2D eigenvalue weighted by Gasteiger charge is -2.09. The highest BCUT2D eigenvalue weighted by Gasteiger charge is 2.22. The molecule has 0 bridgehead atoms. The molecule has 80 valence electrons. The van der Waals surface area contributed by atoms with Crippen molar-refractivity contribution < 1.29 is 14.6 Å². The van der Waals surface area contributed by atoms with Crippen molar-refractivity contribution in [1.29, 1.82) is 0 Å². The van der Waals surface area contributed by atoms with Crippen molar-refractivity contribution >= 4 is 17.7 Å². The molecule has 1 aliphatic heterocycles. The Morgan fingerprint density at radius 3 is 3.13 bits per heavy atom. The number of carbonyl (C=O) groups is 1. The highest BCUT2D eigenvalue weighted by atomic mass is 32.2. The third-order valence-corrected chi connectivity index (χ3v) is 3.60. The van der Waals surface area contributed by atoms with Gasteiger partial charge in [0.15, 0.2) is 0 Å². The lowest BCUT2D eigenvalue weighted by Crippen LogP contribution is -2.13. The molecule has 0 aliphatic carbocycles. The van der Waals surface area contributed by atoms with E-state index in [4.69, 9.17) is 9.84 Å². The second-order valence-electron chi connectivity index (χ2n) is 3.45. The maximum Gasteiger partial charge on any atom is 0.329 e. The van der Waals surface area contributed by atoms with Gasteiger partial charge in [0, 0.05) is 16.6 Å². The molecule has 0 radical (unpaired) electrons. The summed E-state index contributed by atoms with van der Waals surface area (Å²) in [7, 11) is 0. The summed E-state index contributed by atoms with van der Waals surface area (Å²) < 4.78 is 5.12. The minimum Gasteiger partial charge on any atom is -0.480 e. The van der Waals surface area contributed by atoms with Gasteiger partial charge in [0.25, 0.3) is 0 Å². The van der Waals surface area contributed by atoms with Gasteiger partial charge in [-0.1, -0.05) is 18.2 Å². The van der Waals surface area contributed by atoms with Crippen LogP contribution in [0.4, 0.5) is 0 Å². The average molecular weight is 224 g/mol. The topological polar surface area (TPSA) is 46.5 Å². The van der Waals surface area contributed by atoms with Crippen LogP contribution in [-0.2, 0) is 9.53 Å². The summed E-state index contributed by atoms with van der Waals surface area (Å²) in [6.07, 6.45) is 0. The molecule has 15 heavy (non-hydrogen) atoms. The fraction of sp³-hybridized carbons (Fsp3) is 0.364. The summed E-state index contributed by atoms with van der Waals surface area (Å²) in [4.78, 5) is 11.6. The number of ether oxygens (including phenoxy) is 1. The molecule has 1 aliphatic rings. The van der Waals surface area contributed by atoms with Crippen LogP contribution < -0.4 is 0 Å². The van der Waals surface area contributed by atoms with Crippen LogP contribution in [0.3, 0.4) is 0 Å². The third kappa shape index (κ3) is 2.52. The second kappa shape index (κ2) is 4.68. The molecule has 0 aromatic heterocycles. The molecule has 0 spiro atoms. The molecule has 1 aromatic rings. The van der Waals surface area contributed by atoms with Crippen LogP contribution in [0.1, 0.15) is 11.5 Å². The predicted molar refractivity (Wildman–Crippen MR) is 58.4 cm³/mol. The fourth-order valence-corrected chi connectivity index (χ4v) is 2.89. The molecular formula is C11H12O3S. The third-order valence-electron chi connectivity index (χ3n) is 2.34. The molecule has 3 nitrogen and oxygen atoms in total. The number of rotatable bonds is 4. The Balaban J connectivity index is 1.93. The summed E-state index contributed by atoms with van der Waals surface area (Å²) in [6.45, 7) is 0.291. The van der Waals surface area contributed by atoms with Crippen molar-refractivity contribution in [3.8, 4) is 0 Å². The molecule has 2 rings (SSSR count). The molecular weight excluding hydrogens is 212 g/mol. The van der Waals surface area contributed by atoms with Gasteiger partial charge in [0.05, 0.1) is 6.61 Å². The van der Waals surface area contributed by atoms with E-state index < -0.39 is 5.97 Å². The summed E-state index contributed by atoms with van der Waals surface area (Å²) in [5.41, 5.74) is 1.29. The summed E-state index contributed by atoms with van der Waals surface area (Å²) >= 11 is 1.81. The first kappa shape index (κ1) is 10.5. The van der Waals surface area contributed by atoms with Crippen LogP contribution in [0.25, 0.3) is 0 Å². The van der Waals surface area contributed by atoms with Crippen molar-refractivity contribution in [1.82, 2.24) is 0 Å². The Hall–Kier alpha value is -1.00. The predicted octanol–water partition coefficient (Wildman–Crippen LogP) is 1.98. The molecule has 1 aromatic carbocycles. The SMILES string of the molecule is O=C(O)COCC1CSc2ccccc21. The number of carboxylic acid groups (broad SMARTS) is 1. The molecule has 1 N–H and O–H groups in total. The number of fused-ring (bicyclic) bond motifs is 1. The van der Waals surface area contributed by atoms with Crippen molar-refractivity contribution in [3.05, 3.63) is 29.8 Å². The highest BCUT2D eigenvalue weighted by Crippen LogP contribution is 2.39. The van der Waals surface area contributed by atoms with E-state index in [1.165, 1.54) is 10.5 Å². The van der Waals surface area contributed by atoms with Gasteiger partial charge in [0.1, 0.15) is 6.61 Å². The van der Waals surface area contributed by atoms with Crippen LogP contribution in [0.5, 0.6) is 0 Å². The molecule has 0 amide bonds. The first-order chi connectivity index (χ1) is 7.27. The van der Waals surface area contributed by atoms with Gasteiger partial charge in [-0.3, -0.25) is 0 Å². The Morgan fingerprint density at radius 2 is 2.33 bits per heavy atom. The van der Waals surface area contributed by atoms with Crippen LogP contribution in [-0.4, -0.2) is 30.0 Å². The van der Waals surface area contributed by atoms with Crippen LogP contribution in [0.15, 0.2) is 29.2 Å². The Kier molecular flexibility index (Phi) is 3.28. The van der Waals surface area contributed by atoms with Gasteiger partial charge in [-0.15, -0.1) is 11.8 Å². The molecule has 0 saturated carbocycles. The van der Waals surface area contributed by atoms with Gasteiger partial charge in [-0.2, -0.15) is 0 Å². The quantitative estimate of drug-likeness (QED) is 0.849. The van der Waals surface area contributed by atoms with Crippen molar-refractivity contribution in [2.45, 2.75) is 10.8 Å². The number of thioether (sulfide) groups is 1. The molecule has 0 saturated heterocycles. The zero-order valence-corrected chi connectivity index (χ0v) is 9.00. The number of carboxylic acids is 1. The van der Waals surface area contributed by atoms with E-state index in [9.17, 15) is 4.79 Å². The maximum absolute atomic E-state index is 10.3. The van der Waals surface area contributed by atoms with Crippen molar-refractivity contribution in [3.63, 3.8) is 0 Å². The van der Waals surface area contributed by atoms with Gasteiger partial charge in [-0.25, -0.2) is 4.79 Å². The maximum atomic E-state index is 10.3. The first-order valence-electron chi connectivity index (χ1n) is 4.78. The Labute approximate surface area is 92.4 Å². The lowest BCUT2D eigenvalue weighted by molar-refractivity contribution is -0.142. The van der Waals surface area contributed by atoms with Crippen molar-refractivity contribution in [2.75, 3.05) is 19.0 Å². The molecule has 1 heterocycles. The summed E-state index contributed by atoms with van der Waals surface area (Å²) in [5.74, 6) is 0.415. The highest BCUT2D eigenvalue weighted by molar-refractivity contribution is 7.99. The Morgan fingerprint density at radius 1 is 1.53 bits per heavy atom. The first-order valence-corrected chi connectivity index (χ1v) is 5.77. The van der Waals surface area contributed by atoms with Crippen molar-refractivity contribution in [2.24, 2.45) is 0 Å². The van der Waals surface area contributed by atoms with E-state index in [1.54, 1.807) is 0 Å². The van der Waals surface area contributed by atoms with E-state index in [1.807, 2.05) is 23.9 Å².